The molecule has 0 aliphatic rings. The highest BCUT2D eigenvalue weighted by atomic mass is 16.3. The Balaban J connectivity index is 2.10. The average molecular weight is 273 g/mol. The Hall–Kier alpha value is -2.30. The molecule has 1 heterocycles. The Morgan fingerprint density at radius 1 is 1.45 bits per heavy atom. The molecule has 106 valence electrons. The fraction of sp³-hybridized carbons (Fsp3) is 0.333. The number of rotatable bonds is 5. The highest BCUT2D eigenvalue weighted by molar-refractivity contribution is 5.94. The first-order chi connectivity index (χ1) is 9.61. The quantitative estimate of drug-likeness (QED) is 0.909. The van der Waals surface area contributed by atoms with Crippen molar-refractivity contribution >= 4 is 11.6 Å². The summed E-state index contributed by atoms with van der Waals surface area (Å²) in [7, 11) is 0. The SMILES string of the molecule is CCN(C(=O)CCn1ccnc1)c1cc(O)ccc1C. The van der Waals surface area contributed by atoms with Crippen LogP contribution in [0.1, 0.15) is 18.9 Å². The van der Waals surface area contributed by atoms with Gasteiger partial charge in [0.2, 0.25) is 5.91 Å². The molecule has 5 nitrogen and oxygen atoms in total. The number of hydrogen-bond donors (Lipinski definition) is 1. The van der Waals surface area contributed by atoms with Crippen LogP contribution in [0.5, 0.6) is 5.75 Å². The maximum atomic E-state index is 12.3. The van der Waals surface area contributed by atoms with Gasteiger partial charge in [0.15, 0.2) is 0 Å². The Labute approximate surface area is 118 Å². The lowest BCUT2D eigenvalue weighted by Gasteiger charge is -2.23. The van der Waals surface area contributed by atoms with Crippen LogP contribution in [0.15, 0.2) is 36.9 Å². The molecule has 2 rings (SSSR count). The molecule has 0 fully saturated rings. The van der Waals surface area contributed by atoms with Crippen molar-refractivity contribution in [3.8, 4) is 5.75 Å². The number of hydrogen-bond acceptors (Lipinski definition) is 3. The van der Waals surface area contributed by atoms with Gasteiger partial charge in [0.25, 0.3) is 0 Å². The fourth-order valence-electron chi connectivity index (χ4n) is 2.15. The van der Waals surface area contributed by atoms with Crippen LogP contribution >= 0.6 is 0 Å². The molecule has 0 bridgehead atoms. The molecular weight excluding hydrogens is 254 g/mol. The van der Waals surface area contributed by atoms with Gasteiger partial charge in [0, 0.05) is 38.0 Å². The number of imidazole rings is 1. The number of carbonyl (C=O) groups excluding carboxylic acids is 1. The molecule has 0 aliphatic carbocycles. The summed E-state index contributed by atoms with van der Waals surface area (Å²) in [5.41, 5.74) is 1.74. The molecule has 0 radical (unpaired) electrons. The summed E-state index contributed by atoms with van der Waals surface area (Å²) in [5, 5.41) is 9.59. The largest absolute Gasteiger partial charge is 0.508 e. The van der Waals surface area contributed by atoms with Crippen molar-refractivity contribution in [2.75, 3.05) is 11.4 Å². The van der Waals surface area contributed by atoms with Gasteiger partial charge in [0.1, 0.15) is 5.75 Å². The third-order valence-electron chi connectivity index (χ3n) is 3.24. The summed E-state index contributed by atoms with van der Waals surface area (Å²) in [6, 6.07) is 5.08. The molecule has 1 N–H and O–H groups in total. The number of aromatic hydroxyl groups is 1. The van der Waals surface area contributed by atoms with E-state index in [0.29, 0.717) is 19.5 Å². The number of phenols is 1. The number of anilines is 1. The van der Waals surface area contributed by atoms with E-state index in [1.54, 1.807) is 29.6 Å². The van der Waals surface area contributed by atoms with Crippen molar-refractivity contribution in [2.24, 2.45) is 0 Å². The molecule has 5 heteroatoms. The van der Waals surface area contributed by atoms with Crippen LogP contribution in [-0.4, -0.2) is 27.1 Å². The van der Waals surface area contributed by atoms with Crippen LogP contribution < -0.4 is 4.90 Å². The van der Waals surface area contributed by atoms with Crippen LogP contribution in [0.25, 0.3) is 0 Å². The van der Waals surface area contributed by atoms with E-state index < -0.39 is 0 Å². The summed E-state index contributed by atoms with van der Waals surface area (Å²) < 4.78 is 1.88. The summed E-state index contributed by atoms with van der Waals surface area (Å²) in [5.74, 6) is 0.210. The first kappa shape index (κ1) is 14.1. The standard InChI is InChI=1S/C15H19N3O2/c1-3-18(14-10-13(19)5-4-12(14)2)15(20)6-8-17-9-7-16-11-17/h4-5,7,9-11,19H,3,6,8H2,1-2H3. The smallest absolute Gasteiger partial charge is 0.228 e. The van der Waals surface area contributed by atoms with Crippen molar-refractivity contribution in [3.05, 3.63) is 42.5 Å². The molecular formula is C15H19N3O2. The van der Waals surface area contributed by atoms with Crippen LogP contribution in [0.2, 0.25) is 0 Å². The molecule has 0 saturated carbocycles. The lowest BCUT2D eigenvalue weighted by atomic mass is 10.1. The number of nitrogens with zero attached hydrogens (tertiary/aromatic N) is 3. The molecule has 0 atom stereocenters. The maximum absolute atomic E-state index is 12.3. The fourth-order valence-corrected chi connectivity index (χ4v) is 2.15. The van der Waals surface area contributed by atoms with Gasteiger partial charge in [0.05, 0.1) is 12.0 Å². The summed E-state index contributed by atoms with van der Waals surface area (Å²) in [4.78, 5) is 18.0. The minimum atomic E-state index is 0.0369. The van der Waals surface area contributed by atoms with Crippen molar-refractivity contribution in [1.29, 1.82) is 0 Å². The third-order valence-corrected chi connectivity index (χ3v) is 3.24. The zero-order valence-corrected chi connectivity index (χ0v) is 11.8. The highest BCUT2D eigenvalue weighted by Gasteiger charge is 2.16. The van der Waals surface area contributed by atoms with Crippen molar-refractivity contribution in [2.45, 2.75) is 26.8 Å². The second-order valence-corrected chi connectivity index (χ2v) is 4.66. The van der Waals surface area contributed by atoms with Crippen molar-refractivity contribution in [1.82, 2.24) is 9.55 Å². The first-order valence-corrected chi connectivity index (χ1v) is 6.67. The summed E-state index contributed by atoms with van der Waals surface area (Å²) >= 11 is 0. The topological polar surface area (TPSA) is 58.4 Å². The molecule has 1 amide bonds. The number of carbonyl (C=O) groups is 1. The van der Waals surface area contributed by atoms with Gasteiger partial charge in [-0.2, -0.15) is 0 Å². The van der Waals surface area contributed by atoms with Gasteiger partial charge in [-0.15, -0.1) is 0 Å². The minimum Gasteiger partial charge on any atom is -0.508 e. The number of aryl methyl sites for hydroxylation is 2. The van der Waals surface area contributed by atoms with Gasteiger partial charge < -0.3 is 14.6 Å². The maximum Gasteiger partial charge on any atom is 0.228 e. The van der Waals surface area contributed by atoms with Gasteiger partial charge in [-0.1, -0.05) is 6.07 Å². The number of benzene rings is 1. The Kier molecular flexibility index (Phi) is 4.40. The molecule has 1 aromatic heterocycles. The van der Waals surface area contributed by atoms with E-state index in [-0.39, 0.29) is 11.7 Å². The van der Waals surface area contributed by atoms with E-state index in [4.69, 9.17) is 0 Å². The second kappa shape index (κ2) is 6.23. The zero-order chi connectivity index (χ0) is 14.5. The Morgan fingerprint density at radius 2 is 2.25 bits per heavy atom. The van der Waals surface area contributed by atoms with Crippen molar-refractivity contribution < 1.29 is 9.90 Å². The monoisotopic (exact) mass is 273 g/mol. The van der Waals surface area contributed by atoms with Crippen molar-refractivity contribution in [3.63, 3.8) is 0 Å². The normalized spacial score (nSPS) is 10.5. The van der Waals surface area contributed by atoms with Crippen LogP contribution in [-0.2, 0) is 11.3 Å². The second-order valence-electron chi connectivity index (χ2n) is 4.66. The van der Waals surface area contributed by atoms with Gasteiger partial charge in [-0.3, -0.25) is 4.79 Å². The average Bonchev–Trinajstić information content (AvgIpc) is 2.94. The minimum absolute atomic E-state index is 0.0369. The Morgan fingerprint density at radius 3 is 2.90 bits per heavy atom. The van der Waals surface area contributed by atoms with E-state index in [9.17, 15) is 9.90 Å². The molecule has 1 aromatic carbocycles. The summed E-state index contributed by atoms with van der Waals surface area (Å²) in [6.45, 7) is 5.04. The highest BCUT2D eigenvalue weighted by Crippen LogP contribution is 2.25. The molecule has 2 aromatic rings. The predicted octanol–water partition coefficient (Wildman–Crippen LogP) is 2.34. The summed E-state index contributed by atoms with van der Waals surface area (Å²) in [6.07, 6.45) is 5.63. The lowest BCUT2D eigenvalue weighted by Crippen LogP contribution is -2.31. The van der Waals surface area contributed by atoms with Gasteiger partial charge in [-0.05, 0) is 25.5 Å². The van der Waals surface area contributed by atoms with Gasteiger partial charge in [-0.25, -0.2) is 4.98 Å². The van der Waals surface area contributed by atoms with Crippen LogP contribution in [0, 0.1) is 6.92 Å². The van der Waals surface area contributed by atoms with Gasteiger partial charge >= 0.3 is 0 Å². The first-order valence-electron chi connectivity index (χ1n) is 6.67. The molecule has 20 heavy (non-hydrogen) atoms. The number of aromatic nitrogens is 2. The molecule has 0 aliphatic heterocycles. The van der Waals surface area contributed by atoms with E-state index in [1.807, 2.05) is 30.7 Å². The third kappa shape index (κ3) is 3.17. The zero-order valence-electron chi connectivity index (χ0n) is 11.8. The predicted molar refractivity (Wildman–Crippen MR) is 77.7 cm³/mol. The Bertz CT molecular complexity index is 579. The van der Waals surface area contributed by atoms with E-state index >= 15 is 0 Å². The lowest BCUT2D eigenvalue weighted by molar-refractivity contribution is -0.118. The molecule has 0 saturated heterocycles. The molecule has 0 unspecified atom stereocenters. The number of phenolic OH excluding ortho intramolecular Hbond substituents is 1. The van der Waals surface area contributed by atoms with E-state index in [0.717, 1.165) is 11.3 Å². The van der Waals surface area contributed by atoms with Crippen LogP contribution in [0.4, 0.5) is 5.69 Å². The number of amides is 1. The van der Waals surface area contributed by atoms with E-state index in [2.05, 4.69) is 4.98 Å². The van der Waals surface area contributed by atoms with Crippen LogP contribution in [0.3, 0.4) is 0 Å². The van der Waals surface area contributed by atoms with E-state index in [1.165, 1.54) is 0 Å². The molecule has 0 spiro atoms.